The van der Waals surface area contributed by atoms with Crippen molar-refractivity contribution in [1.82, 2.24) is 19.1 Å². The van der Waals surface area contributed by atoms with Gasteiger partial charge in [0.05, 0.1) is 5.92 Å². The van der Waals surface area contributed by atoms with E-state index in [-0.39, 0.29) is 19.0 Å². The van der Waals surface area contributed by atoms with Gasteiger partial charge in [-0.1, -0.05) is 13.0 Å². The first-order valence-electron chi connectivity index (χ1n) is 6.41. The molecule has 2 heterocycles. The molecule has 0 bridgehead atoms. The molecule has 1 amide bonds. The highest BCUT2D eigenvalue weighted by Crippen LogP contribution is 2.00. The van der Waals surface area contributed by atoms with Gasteiger partial charge in [0.2, 0.25) is 5.91 Å². The lowest BCUT2D eigenvalue weighted by Gasteiger charge is -2.19. The van der Waals surface area contributed by atoms with E-state index < -0.39 is 17.6 Å². The van der Waals surface area contributed by atoms with Gasteiger partial charge in [-0.25, -0.2) is 9.48 Å². The van der Waals surface area contributed by atoms with E-state index in [0.717, 1.165) is 4.68 Å². The fourth-order valence-electron chi connectivity index (χ4n) is 1.91. The molecule has 0 aliphatic heterocycles. The maximum Gasteiger partial charge on any atom is 0.350 e. The summed E-state index contributed by atoms with van der Waals surface area (Å²) in [7, 11) is 1.50. The van der Waals surface area contributed by atoms with Crippen molar-refractivity contribution in [2.75, 3.05) is 13.6 Å². The van der Waals surface area contributed by atoms with E-state index in [0.29, 0.717) is 5.65 Å². The van der Waals surface area contributed by atoms with Crippen molar-refractivity contribution in [3.8, 4) is 0 Å². The lowest BCUT2D eigenvalue weighted by Crippen LogP contribution is -2.38. The third-order valence-corrected chi connectivity index (χ3v) is 3.17. The van der Waals surface area contributed by atoms with E-state index in [1.54, 1.807) is 24.4 Å². The molecule has 21 heavy (non-hydrogen) atoms. The number of amides is 1. The predicted molar refractivity (Wildman–Crippen MR) is 73.9 cm³/mol. The molecule has 0 spiro atoms. The van der Waals surface area contributed by atoms with Crippen LogP contribution in [-0.4, -0.2) is 49.7 Å². The van der Waals surface area contributed by atoms with Gasteiger partial charge in [-0.05, 0) is 12.1 Å². The van der Waals surface area contributed by atoms with Gasteiger partial charge in [0, 0.05) is 19.8 Å². The Hall–Kier alpha value is -2.64. The van der Waals surface area contributed by atoms with Crippen molar-refractivity contribution < 1.29 is 14.7 Å². The summed E-state index contributed by atoms with van der Waals surface area (Å²) in [6.45, 7) is 1.38. The number of carbonyl (C=O) groups excluding carboxylic acids is 1. The molecule has 0 aliphatic rings. The summed E-state index contributed by atoms with van der Waals surface area (Å²) >= 11 is 0. The average molecular weight is 292 g/mol. The Balaban J connectivity index is 2.13. The minimum Gasteiger partial charge on any atom is -0.481 e. The Kier molecular flexibility index (Phi) is 4.06. The fourth-order valence-corrected chi connectivity index (χ4v) is 1.91. The van der Waals surface area contributed by atoms with E-state index in [9.17, 15) is 14.4 Å². The molecular formula is C13H16N4O4. The van der Waals surface area contributed by atoms with E-state index in [4.69, 9.17) is 5.11 Å². The van der Waals surface area contributed by atoms with Crippen LogP contribution in [0.1, 0.15) is 6.92 Å². The van der Waals surface area contributed by atoms with Crippen molar-refractivity contribution in [2.45, 2.75) is 13.5 Å². The lowest BCUT2D eigenvalue weighted by molar-refractivity contribution is -0.142. The van der Waals surface area contributed by atoms with Crippen molar-refractivity contribution in [3.05, 3.63) is 34.9 Å². The van der Waals surface area contributed by atoms with Gasteiger partial charge in [0.15, 0.2) is 5.65 Å². The molecule has 0 radical (unpaired) electrons. The molecule has 2 aromatic heterocycles. The van der Waals surface area contributed by atoms with Crippen molar-refractivity contribution in [3.63, 3.8) is 0 Å². The van der Waals surface area contributed by atoms with Crippen LogP contribution >= 0.6 is 0 Å². The number of fused-ring (bicyclic) bond motifs is 1. The molecule has 0 aliphatic carbocycles. The zero-order valence-electron chi connectivity index (χ0n) is 11.8. The van der Waals surface area contributed by atoms with Crippen molar-refractivity contribution >= 4 is 17.5 Å². The average Bonchev–Trinajstić information content (AvgIpc) is 2.75. The molecule has 2 aromatic rings. The normalized spacial score (nSPS) is 12.3. The van der Waals surface area contributed by atoms with Gasteiger partial charge in [0.25, 0.3) is 0 Å². The molecular weight excluding hydrogens is 276 g/mol. The van der Waals surface area contributed by atoms with Crippen molar-refractivity contribution in [1.29, 1.82) is 0 Å². The monoisotopic (exact) mass is 292 g/mol. The van der Waals surface area contributed by atoms with Crippen LogP contribution in [0, 0.1) is 5.92 Å². The van der Waals surface area contributed by atoms with Crippen LogP contribution < -0.4 is 5.69 Å². The van der Waals surface area contributed by atoms with Gasteiger partial charge < -0.3 is 10.0 Å². The summed E-state index contributed by atoms with van der Waals surface area (Å²) in [6, 6.07) is 5.11. The van der Waals surface area contributed by atoms with Crippen molar-refractivity contribution in [2.24, 2.45) is 5.92 Å². The standard InChI is InChI=1S/C13H16N4O4/c1-9(12(19)20)7-15(2)11(18)8-17-13(21)16-6-4-3-5-10(16)14-17/h3-6,9H,7-8H2,1-2H3,(H,19,20). The number of hydrogen-bond donors (Lipinski definition) is 1. The van der Waals surface area contributed by atoms with Crippen LogP contribution in [-0.2, 0) is 16.1 Å². The number of hydrogen-bond acceptors (Lipinski definition) is 4. The van der Waals surface area contributed by atoms with Gasteiger partial charge in [-0.15, -0.1) is 5.10 Å². The number of carbonyl (C=O) groups is 2. The van der Waals surface area contributed by atoms with Gasteiger partial charge >= 0.3 is 11.7 Å². The summed E-state index contributed by atoms with van der Waals surface area (Å²) in [5.41, 5.74) is 0.0514. The number of carboxylic acid groups (broad SMARTS) is 1. The summed E-state index contributed by atoms with van der Waals surface area (Å²) in [5, 5.41) is 12.9. The predicted octanol–water partition coefficient (Wildman–Crippen LogP) is -0.325. The van der Waals surface area contributed by atoms with E-state index in [1.807, 2.05) is 0 Å². The van der Waals surface area contributed by atoms with E-state index in [2.05, 4.69) is 5.10 Å². The second-order valence-corrected chi connectivity index (χ2v) is 4.88. The Labute approximate surface area is 120 Å². The highest BCUT2D eigenvalue weighted by molar-refractivity contribution is 5.77. The molecule has 112 valence electrons. The van der Waals surface area contributed by atoms with E-state index >= 15 is 0 Å². The SMILES string of the molecule is CC(CN(C)C(=O)Cn1nc2ccccn2c1=O)C(=O)O. The maximum atomic E-state index is 12.0. The number of likely N-dealkylation sites (N-methyl/N-ethyl adjacent to an activating group) is 1. The number of carboxylic acids is 1. The van der Waals surface area contributed by atoms with Crippen LogP contribution in [0.4, 0.5) is 0 Å². The number of rotatable bonds is 5. The summed E-state index contributed by atoms with van der Waals surface area (Å²) in [5.74, 6) is -2.01. The number of aromatic nitrogens is 3. The third kappa shape index (κ3) is 3.10. The molecule has 1 N–H and O–H groups in total. The second kappa shape index (κ2) is 5.78. The molecule has 8 heteroatoms. The molecule has 2 rings (SSSR count). The largest absolute Gasteiger partial charge is 0.481 e. The number of pyridine rings is 1. The highest BCUT2D eigenvalue weighted by atomic mass is 16.4. The van der Waals surface area contributed by atoms with E-state index in [1.165, 1.54) is 23.3 Å². The first kappa shape index (κ1) is 14.8. The smallest absolute Gasteiger partial charge is 0.350 e. The minimum atomic E-state index is -0.973. The first-order chi connectivity index (χ1) is 9.90. The Morgan fingerprint density at radius 2 is 2.14 bits per heavy atom. The topological polar surface area (TPSA) is 96.9 Å². The quantitative estimate of drug-likeness (QED) is 0.814. The first-order valence-corrected chi connectivity index (χ1v) is 6.41. The number of aliphatic carboxylic acids is 1. The molecule has 0 fully saturated rings. The van der Waals surface area contributed by atoms with Gasteiger partial charge in [-0.3, -0.25) is 14.0 Å². The van der Waals surface area contributed by atoms with Crippen LogP contribution in [0.5, 0.6) is 0 Å². The zero-order chi connectivity index (χ0) is 15.6. The van der Waals surface area contributed by atoms with Crippen LogP contribution in [0.15, 0.2) is 29.2 Å². The van der Waals surface area contributed by atoms with Gasteiger partial charge in [0.1, 0.15) is 6.54 Å². The fraction of sp³-hybridized carbons (Fsp3) is 0.385. The zero-order valence-corrected chi connectivity index (χ0v) is 11.8. The Bertz CT molecular complexity index is 733. The molecule has 8 nitrogen and oxygen atoms in total. The highest BCUT2D eigenvalue weighted by Gasteiger charge is 2.19. The van der Waals surface area contributed by atoms with Crippen LogP contribution in [0.2, 0.25) is 0 Å². The van der Waals surface area contributed by atoms with Crippen LogP contribution in [0.25, 0.3) is 5.65 Å². The minimum absolute atomic E-state index is 0.0797. The third-order valence-electron chi connectivity index (χ3n) is 3.17. The molecule has 0 aromatic carbocycles. The van der Waals surface area contributed by atoms with Gasteiger partial charge in [-0.2, -0.15) is 0 Å². The van der Waals surface area contributed by atoms with Crippen LogP contribution in [0.3, 0.4) is 0 Å². The summed E-state index contributed by atoms with van der Waals surface area (Å²) in [4.78, 5) is 36.1. The molecule has 0 saturated carbocycles. The summed E-state index contributed by atoms with van der Waals surface area (Å²) < 4.78 is 2.41. The maximum absolute atomic E-state index is 12.0. The Morgan fingerprint density at radius 3 is 2.76 bits per heavy atom. The second-order valence-electron chi connectivity index (χ2n) is 4.88. The summed E-state index contributed by atoms with van der Waals surface area (Å²) in [6.07, 6.45) is 1.57. The molecule has 1 unspecified atom stereocenters. The molecule has 1 atom stereocenters. The molecule has 0 saturated heterocycles. The Morgan fingerprint density at radius 1 is 1.43 bits per heavy atom. The lowest BCUT2D eigenvalue weighted by atomic mass is 10.2. The number of nitrogens with zero attached hydrogens (tertiary/aromatic N) is 4.